The van der Waals surface area contributed by atoms with Crippen LogP contribution in [0.4, 0.5) is 0 Å². The van der Waals surface area contributed by atoms with Gasteiger partial charge in [-0.3, -0.25) is 4.99 Å². The van der Waals surface area contributed by atoms with Gasteiger partial charge in [0.1, 0.15) is 0 Å². The highest BCUT2D eigenvalue weighted by molar-refractivity contribution is 5.76. The van der Waals surface area contributed by atoms with Crippen molar-refractivity contribution in [1.82, 2.24) is 0 Å². The lowest BCUT2D eigenvalue weighted by atomic mass is 10.0. The number of rotatable bonds is 4. The molecule has 0 amide bonds. The summed E-state index contributed by atoms with van der Waals surface area (Å²) < 4.78 is 0. The predicted octanol–water partition coefficient (Wildman–Crippen LogP) is 2.45. The molecule has 2 nitrogen and oxygen atoms in total. The van der Waals surface area contributed by atoms with E-state index in [-0.39, 0.29) is 5.54 Å². The summed E-state index contributed by atoms with van der Waals surface area (Å²) in [6, 6.07) is 0. The first-order valence-corrected chi connectivity index (χ1v) is 3.86. The van der Waals surface area contributed by atoms with Crippen LogP contribution in [-0.2, 0) is 0 Å². The summed E-state index contributed by atoms with van der Waals surface area (Å²) in [5.74, 6) is 0. The maximum atomic E-state index is 7.13. The van der Waals surface area contributed by atoms with Crippen LogP contribution in [0.15, 0.2) is 17.1 Å². The molecule has 0 heterocycles. The summed E-state index contributed by atoms with van der Waals surface area (Å²) in [6.07, 6.45) is 7.78. The van der Waals surface area contributed by atoms with Crippen molar-refractivity contribution in [2.24, 2.45) is 4.99 Å². The Kier molecular flexibility index (Phi) is 4.42. The zero-order chi connectivity index (χ0) is 8.74. The van der Waals surface area contributed by atoms with E-state index in [0.717, 1.165) is 6.42 Å². The molecule has 0 fully saturated rings. The zero-order valence-corrected chi connectivity index (χ0v) is 7.46. The molecule has 62 valence electrons. The van der Waals surface area contributed by atoms with Gasteiger partial charge in [-0.1, -0.05) is 13.0 Å². The second-order valence-corrected chi connectivity index (χ2v) is 2.66. The van der Waals surface area contributed by atoms with Gasteiger partial charge < -0.3 is 5.41 Å². The molecule has 0 aromatic carbocycles. The number of hydrogen-bond acceptors (Lipinski definition) is 2. The molecule has 0 aromatic rings. The van der Waals surface area contributed by atoms with Gasteiger partial charge in [0.15, 0.2) is 0 Å². The molecule has 0 aliphatic heterocycles. The average molecular weight is 152 g/mol. The molecule has 0 aliphatic rings. The molecule has 0 aliphatic carbocycles. The Morgan fingerprint density at radius 3 is 2.55 bits per heavy atom. The van der Waals surface area contributed by atoms with E-state index in [9.17, 15) is 0 Å². The van der Waals surface area contributed by atoms with Crippen molar-refractivity contribution in [3.05, 3.63) is 12.2 Å². The maximum Gasteiger partial charge on any atom is 0.0919 e. The highest BCUT2D eigenvalue weighted by Gasteiger charge is 2.14. The van der Waals surface area contributed by atoms with Gasteiger partial charge in [-0.2, -0.15) is 0 Å². The fraction of sp³-hybridized carbons (Fsp3) is 0.556. The van der Waals surface area contributed by atoms with Crippen molar-refractivity contribution in [2.45, 2.75) is 32.7 Å². The Bertz CT molecular complexity index is 170. The van der Waals surface area contributed by atoms with Crippen molar-refractivity contribution in [2.75, 3.05) is 0 Å². The van der Waals surface area contributed by atoms with E-state index in [1.54, 1.807) is 6.21 Å². The van der Waals surface area contributed by atoms with E-state index in [2.05, 4.69) is 4.99 Å². The summed E-state index contributed by atoms with van der Waals surface area (Å²) in [5.41, 5.74) is -0.306. The van der Waals surface area contributed by atoms with E-state index >= 15 is 0 Å². The molecule has 0 spiro atoms. The number of aliphatic imine (C=N–C) groups is 1. The molecule has 1 N–H and O–H groups in total. The number of allylic oxidation sites excluding steroid dienone is 2. The lowest BCUT2D eigenvalue weighted by Gasteiger charge is -2.15. The minimum Gasteiger partial charge on any atom is -0.311 e. The fourth-order valence-electron chi connectivity index (χ4n) is 0.530. The molecule has 0 bridgehead atoms. The zero-order valence-electron chi connectivity index (χ0n) is 7.46. The van der Waals surface area contributed by atoms with Crippen LogP contribution in [0.2, 0.25) is 0 Å². The van der Waals surface area contributed by atoms with Gasteiger partial charge in [-0.15, -0.1) is 0 Å². The molecular formula is C9H16N2. The van der Waals surface area contributed by atoms with Crippen LogP contribution in [0, 0.1) is 5.41 Å². The van der Waals surface area contributed by atoms with Crippen LogP contribution < -0.4 is 0 Å². The smallest absolute Gasteiger partial charge is 0.0919 e. The summed E-state index contributed by atoms with van der Waals surface area (Å²) in [6.45, 7) is 5.91. The van der Waals surface area contributed by atoms with Crippen LogP contribution in [0.1, 0.15) is 27.2 Å². The van der Waals surface area contributed by atoms with Crippen LogP contribution in [0.25, 0.3) is 0 Å². The predicted molar refractivity (Wildman–Crippen MR) is 50.8 cm³/mol. The first-order valence-electron chi connectivity index (χ1n) is 3.86. The molecule has 0 saturated carbocycles. The average Bonchev–Trinajstić information content (AvgIpc) is 2.05. The van der Waals surface area contributed by atoms with E-state index in [1.807, 2.05) is 32.9 Å². The highest BCUT2D eigenvalue weighted by Crippen LogP contribution is 2.10. The molecule has 0 saturated heterocycles. The number of nitrogens with zero attached hydrogens (tertiary/aromatic N) is 1. The van der Waals surface area contributed by atoms with Crippen LogP contribution >= 0.6 is 0 Å². The third-order valence-electron chi connectivity index (χ3n) is 1.67. The Hall–Kier alpha value is -0.920. The Morgan fingerprint density at radius 2 is 2.18 bits per heavy atom. The van der Waals surface area contributed by atoms with Gasteiger partial charge in [-0.25, -0.2) is 0 Å². The van der Waals surface area contributed by atoms with Crippen molar-refractivity contribution in [3.8, 4) is 0 Å². The summed E-state index contributed by atoms with van der Waals surface area (Å²) in [5, 5.41) is 7.13. The molecule has 0 radical (unpaired) electrons. The van der Waals surface area contributed by atoms with Crippen LogP contribution in [0.5, 0.6) is 0 Å². The largest absolute Gasteiger partial charge is 0.311 e. The second kappa shape index (κ2) is 4.83. The van der Waals surface area contributed by atoms with Crippen LogP contribution in [0.3, 0.4) is 0 Å². The summed E-state index contributed by atoms with van der Waals surface area (Å²) >= 11 is 0. The van der Waals surface area contributed by atoms with Gasteiger partial charge >= 0.3 is 0 Å². The molecule has 1 unspecified atom stereocenters. The van der Waals surface area contributed by atoms with Crippen molar-refractivity contribution in [1.29, 1.82) is 5.41 Å². The Morgan fingerprint density at radius 1 is 1.55 bits per heavy atom. The topological polar surface area (TPSA) is 36.2 Å². The lowest BCUT2D eigenvalue weighted by Crippen LogP contribution is -2.21. The van der Waals surface area contributed by atoms with Crippen LogP contribution in [-0.4, -0.2) is 18.0 Å². The van der Waals surface area contributed by atoms with E-state index < -0.39 is 0 Å². The third-order valence-corrected chi connectivity index (χ3v) is 1.67. The fourth-order valence-corrected chi connectivity index (χ4v) is 0.530. The summed E-state index contributed by atoms with van der Waals surface area (Å²) in [4.78, 5) is 4.23. The van der Waals surface area contributed by atoms with Gasteiger partial charge in [0, 0.05) is 12.4 Å². The van der Waals surface area contributed by atoms with Crippen molar-refractivity contribution < 1.29 is 0 Å². The minimum atomic E-state index is -0.306. The van der Waals surface area contributed by atoms with E-state index in [4.69, 9.17) is 5.41 Å². The molecular weight excluding hydrogens is 136 g/mol. The number of hydrogen-bond donors (Lipinski definition) is 1. The molecule has 1 atom stereocenters. The third kappa shape index (κ3) is 3.71. The minimum absolute atomic E-state index is 0.306. The van der Waals surface area contributed by atoms with Gasteiger partial charge in [-0.05, 0) is 26.3 Å². The molecule has 11 heavy (non-hydrogen) atoms. The first-order chi connectivity index (χ1) is 5.18. The molecule has 0 rings (SSSR count). The van der Waals surface area contributed by atoms with Gasteiger partial charge in [0.2, 0.25) is 0 Å². The maximum absolute atomic E-state index is 7.13. The molecule has 2 heteroatoms. The second-order valence-electron chi connectivity index (χ2n) is 2.66. The first kappa shape index (κ1) is 10.1. The summed E-state index contributed by atoms with van der Waals surface area (Å²) in [7, 11) is 0. The van der Waals surface area contributed by atoms with Crippen molar-refractivity contribution in [3.63, 3.8) is 0 Å². The Labute approximate surface area is 68.5 Å². The SMILES string of the molecule is C/C=C\C=N/C(C)(C=N)CC. The standard InChI is InChI=1S/C9H16N2/c1-4-6-7-11-9(3,5-2)8-10/h4,6-8,10H,5H2,1-3H3/b6-4-,10-8?,11-7-. The van der Waals surface area contributed by atoms with Crippen molar-refractivity contribution >= 4 is 12.4 Å². The molecule has 0 aromatic heterocycles. The highest BCUT2D eigenvalue weighted by atomic mass is 14.8. The number of nitrogens with one attached hydrogen (secondary N) is 1. The quantitative estimate of drug-likeness (QED) is 0.601. The van der Waals surface area contributed by atoms with E-state index in [0.29, 0.717) is 0 Å². The van der Waals surface area contributed by atoms with E-state index in [1.165, 1.54) is 6.21 Å². The van der Waals surface area contributed by atoms with Gasteiger partial charge in [0.25, 0.3) is 0 Å². The Balaban J connectivity index is 4.17. The normalized spacial score (nSPS) is 17.4. The lowest BCUT2D eigenvalue weighted by molar-refractivity contribution is 0.618. The monoisotopic (exact) mass is 152 g/mol. The van der Waals surface area contributed by atoms with Gasteiger partial charge in [0.05, 0.1) is 5.54 Å².